The van der Waals surface area contributed by atoms with Gasteiger partial charge < -0.3 is 20.0 Å². The van der Waals surface area contributed by atoms with Crippen molar-refractivity contribution in [2.45, 2.75) is 31.8 Å². The lowest BCUT2D eigenvalue weighted by Crippen LogP contribution is -2.37. The lowest BCUT2D eigenvalue weighted by Gasteiger charge is -2.22. The molecule has 0 spiro atoms. The van der Waals surface area contributed by atoms with Crippen LogP contribution in [0.25, 0.3) is 0 Å². The Morgan fingerprint density at radius 1 is 1.19 bits per heavy atom. The van der Waals surface area contributed by atoms with Crippen molar-refractivity contribution in [1.29, 1.82) is 0 Å². The number of hydrogen-bond acceptors (Lipinski definition) is 5. The molecule has 1 aromatic heterocycles. The van der Waals surface area contributed by atoms with Crippen LogP contribution in [0.15, 0.2) is 34.1 Å². The molecule has 0 radical (unpaired) electrons. The minimum Gasteiger partial charge on any atom is -0.346 e. The number of likely N-dealkylation sites (tertiary alicyclic amines) is 1. The quantitative estimate of drug-likeness (QED) is 0.659. The lowest BCUT2D eigenvalue weighted by molar-refractivity contribution is -0.117. The van der Waals surface area contributed by atoms with Gasteiger partial charge in [-0.25, -0.2) is 0 Å². The molecule has 0 bridgehead atoms. The third kappa shape index (κ3) is 4.74. The van der Waals surface area contributed by atoms with Crippen LogP contribution in [0.4, 0.5) is 5.69 Å². The molecule has 9 heteroatoms. The Morgan fingerprint density at radius 2 is 1.97 bits per heavy atom. The second-order valence-corrected chi connectivity index (χ2v) is 11.1. The zero-order valence-corrected chi connectivity index (χ0v) is 20.8. The van der Waals surface area contributed by atoms with Gasteiger partial charge in [-0.15, -0.1) is 11.3 Å². The zero-order chi connectivity index (χ0) is 23.0. The van der Waals surface area contributed by atoms with Gasteiger partial charge in [0.1, 0.15) is 0 Å². The van der Waals surface area contributed by atoms with Crippen molar-refractivity contribution in [2.75, 3.05) is 38.6 Å². The fraction of sp³-hybridized carbons (Fsp3) is 0.435. The van der Waals surface area contributed by atoms with Gasteiger partial charge in [0, 0.05) is 43.3 Å². The number of anilines is 1. The normalized spacial score (nSPS) is 21.0. The molecule has 3 amide bonds. The summed E-state index contributed by atoms with van der Waals surface area (Å²) in [6.07, 6.45) is 1.24. The molecule has 2 aliphatic rings. The highest BCUT2D eigenvalue weighted by molar-refractivity contribution is 9.11. The topological polar surface area (TPSA) is 73.0 Å². The van der Waals surface area contributed by atoms with E-state index in [4.69, 9.17) is 0 Å². The standard InChI is InChI=1S/C23H27BrN4O3S/c1-14-10-16(4-5-18(14)23(31)27-9-8-17(13-27)26(2)3)28-12-15(11-21(28)29)25-22(30)19-6-7-20(24)32-19/h4-7,10,15,17H,8-9,11-13H2,1-3H3,(H,25,30). The second-order valence-electron chi connectivity index (χ2n) is 8.64. The summed E-state index contributed by atoms with van der Waals surface area (Å²) in [5, 5.41) is 2.96. The van der Waals surface area contributed by atoms with Crippen molar-refractivity contribution < 1.29 is 14.4 Å². The minimum absolute atomic E-state index is 0.0329. The van der Waals surface area contributed by atoms with E-state index in [2.05, 4.69) is 26.1 Å². The molecular weight excluding hydrogens is 492 g/mol. The monoisotopic (exact) mass is 518 g/mol. The van der Waals surface area contributed by atoms with Gasteiger partial charge in [0.2, 0.25) is 5.91 Å². The average molecular weight is 519 g/mol. The van der Waals surface area contributed by atoms with Crippen molar-refractivity contribution in [3.05, 3.63) is 50.1 Å². The van der Waals surface area contributed by atoms with Crippen LogP contribution in [-0.4, -0.2) is 73.3 Å². The van der Waals surface area contributed by atoms with Crippen molar-refractivity contribution in [3.63, 3.8) is 0 Å². The van der Waals surface area contributed by atoms with E-state index < -0.39 is 0 Å². The van der Waals surface area contributed by atoms with Crippen molar-refractivity contribution in [3.8, 4) is 0 Å². The lowest BCUT2D eigenvalue weighted by atomic mass is 10.1. The molecule has 1 aromatic carbocycles. The summed E-state index contributed by atoms with van der Waals surface area (Å²) in [6, 6.07) is 9.29. The van der Waals surface area contributed by atoms with E-state index in [0.29, 0.717) is 23.0 Å². The summed E-state index contributed by atoms with van der Waals surface area (Å²) in [5.74, 6) is -0.160. The smallest absolute Gasteiger partial charge is 0.261 e. The molecule has 4 rings (SSSR count). The largest absolute Gasteiger partial charge is 0.346 e. The van der Waals surface area contributed by atoms with E-state index in [0.717, 1.165) is 34.5 Å². The summed E-state index contributed by atoms with van der Waals surface area (Å²) in [6.45, 7) is 3.82. The molecule has 2 saturated heterocycles. The Morgan fingerprint density at radius 3 is 2.59 bits per heavy atom. The number of carbonyl (C=O) groups excluding carboxylic acids is 3. The Balaban J connectivity index is 1.42. The van der Waals surface area contributed by atoms with E-state index in [1.54, 1.807) is 11.0 Å². The zero-order valence-electron chi connectivity index (χ0n) is 18.4. The number of halogens is 1. The van der Waals surface area contributed by atoms with Gasteiger partial charge in [-0.3, -0.25) is 14.4 Å². The van der Waals surface area contributed by atoms with Crippen molar-refractivity contribution in [2.24, 2.45) is 0 Å². The molecule has 2 aliphatic heterocycles. The molecule has 0 saturated carbocycles. The van der Waals surface area contributed by atoms with Crippen LogP contribution in [0.5, 0.6) is 0 Å². The molecule has 2 atom stereocenters. The van der Waals surface area contributed by atoms with E-state index in [-0.39, 0.29) is 30.2 Å². The van der Waals surface area contributed by atoms with Crippen LogP contribution in [0.3, 0.4) is 0 Å². The number of amides is 3. The minimum atomic E-state index is -0.245. The van der Waals surface area contributed by atoms with Gasteiger partial charge in [0.15, 0.2) is 0 Å². The third-order valence-electron chi connectivity index (χ3n) is 6.19. The predicted molar refractivity (Wildman–Crippen MR) is 129 cm³/mol. The van der Waals surface area contributed by atoms with Crippen LogP contribution >= 0.6 is 27.3 Å². The van der Waals surface area contributed by atoms with Gasteiger partial charge in [0.05, 0.1) is 14.7 Å². The van der Waals surface area contributed by atoms with Gasteiger partial charge in [-0.05, 0) is 79.3 Å². The number of likely N-dealkylation sites (N-methyl/N-ethyl adjacent to an activating group) is 1. The first-order valence-electron chi connectivity index (χ1n) is 10.7. The second kappa shape index (κ2) is 9.33. The van der Waals surface area contributed by atoms with E-state index in [9.17, 15) is 14.4 Å². The molecule has 2 unspecified atom stereocenters. The molecule has 170 valence electrons. The summed E-state index contributed by atoms with van der Waals surface area (Å²) < 4.78 is 0.892. The van der Waals surface area contributed by atoms with Gasteiger partial charge in [-0.1, -0.05) is 0 Å². The highest BCUT2D eigenvalue weighted by atomic mass is 79.9. The molecule has 1 N–H and O–H groups in total. The predicted octanol–water partition coefficient (Wildman–Crippen LogP) is 3.13. The number of hydrogen-bond donors (Lipinski definition) is 1. The van der Waals surface area contributed by atoms with Gasteiger partial charge in [-0.2, -0.15) is 0 Å². The Hall–Kier alpha value is -2.23. The first-order valence-corrected chi connectivity index (χ1v) is 12.3. The summed E-state index contributed by atoms with van der Waals surface area (Å²) in [5.41, 5.74) is 2.28. The van der Waals surface area contributed by atoms with E-state index in [1.807, 2.05) is 50.2 Å². The maximum Gasteiger partial charge on any atom is 0.261 e. The van der Waals surface area contributed by atoms with E-state index in [1.165, 1.54) is 11.3 Å². The highest BCUT2D eigenvalue weighted by Crippen LogP contribution is 2.27. The summed E-state index contributed by atoms with van der Waals surface area (Å²) >= 11 is 4.73. The fourth-order valence-corrected chi connectivity index (χ4v) is 5.61. The number of aryl methyl sites for hydroxylation is 1. The molecule has 2 fully saturated rings. The maximum absolute atomic E-state index is 13.0. The number of carbonyl (C=O) groups is 3. The fourth-order valence-electron chi connectivity index (χ4n) is 4.32. The number of rotatable bonds is 5. The van der Waals surface area contributed by atoms with Crippen LogP contribution in [-0.2, 0) is 4.79 Å². The molecule has 7 nitrogen and oxygen atoms in total. The number of nitrogens with zero attached hydrogens (tertiary/aromatic N) is 3. The number of nitrogens with one attached hydrogen (secondary N) is 1. The van der Waals surface area contributed by atoms with Crippen LogP contribution < -0.4 is 10.2 Å². The molecule has 32 heavy (non-hydrogen) atoms. The van der Waals surface area contributed by atoms with Crippen LogP contribution in [0.1, 0.15) is 38.4 Å². The Labute approximate surface area is 200 Å². The molecule has 0 aliphatic carbocycles. The average Bonchev–Trinajstić information content (AvgIpc) is 3.47. The summed E-state index contributed by atoms with van der Waals surface area (Å²) in [7, 11) is 4.08. The molecule has 3 heterocycles. The number of thiophene rings is 1. The van der Waals surface area contributed by atoms with Gasteiger partial charge in [0.25, 0.3) is 11.8 Å². The van der Waals surface area contributed by atoms with Crippen LogP contribution in [0.2, 0.25) is 0 Å². The molecule has 2 aromatic rings. The van der Waals surface area contributed by atoms with Crippen molar-refractivity contribution >= 4 is 50.7 Å². The Kier molecular flexibility index (Phi) is 6.69. The number of benzene rings is 1. The first kappa shape index (κ1) is 22.9. The maximum atomic E-state index is 13.0. The summed E-state index contributed by atoms with van der Waals surface area (Å²) in [4.78, 5) is 44.5. The Bertz CT molecular complexity index is 1050. The van der Waals surface area contributed by atoms with Crippen molar-refractivity contribution in [1.82, 2.24) is 15.1 Å². The van der Waals surface area contributed by atoms with Crippen LogP contribution in [0, 0.1) is 6.92 Å². The van der Waals surface area contributed by atoms with Gasteiger partial charge >= 0.3 is 0 Å². The SMILES string of the molecule is Cc1cc(N2CC(NC(=O)c3ccc(Br)s3)CC2=O)ccc1C(=O)N1CCC(N(C)C)C1. The highest BCUT2D eigenvalue weighted by Gasteiger charge is 2.33. The third-order valence-corrected chi connectivity index (χ3v) is 7.81. The van der Waals surface area contributed by atoms with E-state index >= 15 is 0 Å². The first-order chi connectivity index (χ1) is 15.2. The molecular formula is C23H27BrN4O3S.